The van der Waals surface area contributed by atoms with Crippen molar-refractivity contribution in [3.05, 3.63) is 70.9 Å². The van der Waals surface area contributed by atoms with Crippen LogP contribution in [0.25, 0.3) is 10.9 Å². The van der Waals surface area contributed by atoms with Crippen LogP contribution >= 0.6 is 0 Å². The normalized spacial score (nSPS) is 33.5. The first-order chi connectivity index (χ1) is 32.8. The van der Waals surface area contributed by atoms with Crippen LogP contribution in [0.15, 0.2) is 48.6 Å². The lowest BCUT2D eigenvalue weighted by atomic mass is 9.49. The number of para-hydroxylation sites is 1. The van der Waals surface area contributed by atoms with Crippen molar-refractivity contribution < 1.29 is 48.6 Å². The van der Waals surface area contributed by atoms with Crippen molar-refractivity contribution in [3.63, 3.8) is 0 Å². The number of anilines is 1. The molecule has 7 N–H and O–H groups in total. The number of fused-ring (bicyclic) bond motifs is 6. The SMILES string of the molecule is CC#CC1(O)C2C=CCN3CCC4(c5cc([C@@]6(C(=O)OC)CC7CN(CCc8c6[nH]c6ccccc86)C[C@](O)(CC)C7)c(OC)cc5N(C)C4[C@]1(O)C(=O)NCCOCCOCCOCCN)C23. The summed E-state index contributed by atoms with van der Waals surface area (Å²) in [5.74, 6) is 4.22. The third-order valence-corrected chi connectivity index (χ3v) is 16.4. The molecule has 3 fully saturated rings. The predicted octanol–water partition coefficient (Wildman–Crippen LogP) is 1.99. The lowest BCUT2D eigenvalue weighted by molar-refractivity contribution is -0.204. The van der Waals surface area contributed by atoms with Crippen LogP contribution in [0.1, 0.15) is 61.9 Å². The van der Waals surface area contributed by atoms with Gasteiger partial charge in [0.1, 0.15) is 11.2 Å². The molecule has 3 aromatic rings. The Balaban J connectivity index is 1.18. The number of hydrogen-bond acceptors (Lipinski definition) is 14. The van der Waals surface area contributed by atoms with Crippen LogP contribution in [-0.2, 0) is 45.8 Å². The second kappa shape index (κ2) is 19.0. The van der Waals surface area contributed by atoms with E-state index in [1.807, 2.05) is 55.3 Å². The molecular formula is C52H70N6O10. The van der Waals surface area contributed by atoms with Crippen LogP contribution in [0.3, 0.4) is 0 Å². The fourth-order valence-corrected chi connectivity index (χ4v) is 13.7. The van der Waals surface area contributed by atoms with Gasteiger partial charge in [0.15, 0.2) is 5.60 Å². The lowest BCUT2D eigenvalue weighted by Gasteiger charge is -2.61. The topological polar surface area (TPSA) is 205 Å². The smallest absolute Gasteiger partial charge is 0.322 e. The van der Waals surface area contributed by atoms with Crippen molar-refractivity contribution >= 4 is 28.5 Å². The zero-order valence-corrected chi connectivity index (χ0v) is 40.3. The van der Waals surface area contributed by atoms with Crippen LogP contribution in [0.2, 0.25) is 0 Å². The molecule has 2 saturated heterocycles. The zero-order chi connectivity index (χ0) is 48.1. The molecular weight excluding hydrogens is 869 g/mol. The number of amides is 1. The number of aromatic amines is 1. The number of H-pyrrole nitrogens is 1. The van der Waals surface area contributed by atoms with E-state index >= 15 is 9.59 Å². The summed E-state index contributed by atoms with van der Waals surface area (Å²) in [5, 5.41) is 42.8. The molecule has 5 aliphatic heterocycles. The molecule has 10 atom stereocenters. The van der Waals surface area contributed by atoms with Crippen molar-refractivity contribution in [3.8, 4) is 17.6 Å². The van der Waals surface area contributed by atoms with Crippen molar-refractivity contribution in [2.24, 2.45) is 17.6 Å². The van der Waals surface area contributed by atoms with Gasteiger partial charge in [-0.05, 0) is 74.8 Å². The van der Waals surface area contributed by atoms with E-state index in [0.29, 0.717) is 115 Å². The minimum Gasteiger partial charge on any atom is -0.496 e. The molecule has 2 aromatic carbocycles. The van der Waals surface area contributed by atoms with E-state index in [4.69, 9.17) is 29.4 Å². The minimum atomic E-state index is -2.48. The second-order valence-electron chi connectivity index (χ2n) is 19.8. The second-order valence-corrected chi connectivity index (χ2v) is 19.8. The van der Waals surface area contributed by atoms with Gasteiger partial charge in [0.05, 0.1) is 65.5 Å². The first-order valence-corrected chi connectivity index (χ1v) is 24.4. The third-order valence-electron chi connectivity index (χ3n) is 16.4. The van der Waals surface area contributed by atoms with E-state index in [1.54, 1.807) is 14.0 Å². The molecule has 1 aliphatic carbocycles. The quantitative estimate of drug-likeness (QED) is 0.0527. The molecule has 1 spiro atoms. The predicted molar refractivity (Wildman–Crippen MR) is 257 cm³/mol. The number of nitrogens with two attached hydrogens (primary N) is 1. The average Bonchev–Trinajstić information content (AvgIpc) is 4.00. The summed E-state index contributed by atoms with van der Waals surface area (Å²) >= 11 is 0. The zero-order valence-electron chi connectivity index (χ0n) is 40.3. The molecule has 1 saturated carbocycles. The molecule has 68 heavy (non-hydrogen) atoms. The Bertz CT molecular complexity index is 2470. The maximum Gasteiger partial charge on any atom is 0.322 e. The van der Waals surface area contributed by atoms with Gasteiger partial charge in [0.2, 0.25) is 5.60 Å². The maximum atomic E-state index is 15.4. The lowest BCUT2D eigenvalue weighted by Crippen LogP contribution is -2.83. The summed E-state index contributed by atoms with van der Waals surface area (Å²) in [6.45, 7) is 9.37. The number of aromatic nitrogens is 1. The summed E-state index contributed by atoms with van der Waals surface area (Å²) in [7, 11) is 4.89. The van der Waals surface area contributed by atoms with Gasteiger partial charge in [-0.25, -0.2) is 0 Å². The Hall–Kier alpha value is -4.54. The Morgan fingerprint density at radius 3 is 2.46 bits per heavy atom. The Labute approximate surface area is 399 Å². The van der Waals surface area contributed by atoms with E-state index < -0.39 is 57.5 Å². The van der Waals surface area contributed by atoms with Gasteiger partial charge < -0.3 is 59.9 Å². The molecule has 7 unspecified atom stereocenters. The summed E-state index contributed by atoms with van der Waals surface area (Å²) < 4.78 is 29.1. The third kappa shape index (κ3) is 7.47. The van der Waals surface area contributed by atoms with Crippen LogP contribution < -0.4 is 20.7 Å². The molecule has 1 amide bonds. The summed E-state index contributed by atoms with van der Waals surface area (Å²) in [6.07, 6.45) is 6.48. The number of likely N-dealkylation sites (N-methyl/N-ethyl adjacent to an activating group) is 1. The Morgan fingerprint density at radius 2 is 1.74 bits per heavy atom. The number of carbonyl (C=O) groups excluding carboxylic acids is 2. The van der Waals surface area contributed by atoms with Crippen LogP contribution in [0.4, 0.5) is 5.69 Å². The molecule has 6 aliphatic rings. The number of benzene rings is 2. The van der Waals surface area contributed by atoms with E-state index in [-0.39, 0.29) is 25.7 Å². The molecule has 16 heteroatoms. The number of nitrogens with one attached hydrogen (secondary N) is 2. The van der Waals surface area contributed by atoms with Crippen molar-refractivity contribution in [2.45, 2.75) is 85.7 Å². The fourth-order valence-electron chi connectivity index (χ4n) is 13.7. The molecule has 16 nitrogen and oxygen atoms in total. The van der Waals surface area contributed by atoms with E-state index in [1.165, 1.54) is 7.11 Å². The standard InChI is InChI=1S/C52H70N6O10/c1-6-15-51(62)37-12-10-19-58-21-16-49(44(37)58)38-28-39(42(64-4)29-41(38)56(3)45(49)52(51,63)46(59)54-18-23-67-25-27-68-26-24-66-22-17-53)50(47(60)65-5)31-34-30-48(61,7-2)33-57(32-34)20-14-36-35-11-8-9-13-40(35)55-43(36)50/h8-13,28-29,34,37,44-45,55,61-63H,7,14,16-27,30-33,53H2,1-5H3,(H,54,59)/t34?,37?,44?,45?,48-,49?,50-,51?,52-/m0/s1. The first-order valence-electron chi connectivity index (χ1n) is 24.4. The van der Waals surface area contributed by atoms with Gasteiger partial charge in [-0.15, -0.1) is 5.92 Å². The highest BCUT2D eigenvalue weighted by Gasteiger charge is 2.80. The van der Waals surface area contributed by atoms with Crippen molar-refractivity contribution in [2.75, 3.05) is 112 Å². The molecule has 0 radical (unpaired) electrons. The summed E-state index contributed by atoms with van der Waals surface area (Å²) in [6, 6.07) is 10.7. The molecule has 6 heterocycles. The molecule has 9 rings (SSSR count). The molecule has 2 bridgehead atoms. The van der Waals surface area contributed by atoms with E-state index in [9.17, 15) is 15.3 Å². The number of carbonyl (C=O) groups is 2. The Morgan fingerprint density at radius 1 is 0.985 bits per heavy atom. The monoisotopic (exact) mass is 939 g/mol. The first kappa shape index (κ1) is 48.5. The van der Waals surface area contributed by atoms with Crippen molar-refractivity contribution in [1.29, 1.82) is 0 Å². The van der Waals surface area contributed by atoms with E-state index in [0.717, 1.165) is 27.7 Å². The fraction of sp³-hybridized carbons (Fsp3) is 0.615. The average molecular weight is 939 g/mol. The largest absolute Gasteiger partial charge is 0.496 e. The maximum absolute atomic E-state index is 15.4. The number of rotatable bonds is 16. The van der Waals surface area contributed by atoms with Gasteiger partial charge >= 0.3 is 5.97 Å². The highest BCUT2D eigenvalue weighted by Crippen LogP contribution is 2.66. The van der Waals surface area contributed by atoms with Gasteiger partial charge in [0, 0.05) is 97.6 Å². The van der Waals surface area contributed by atoms with Crippen LogP contribution in [0.5, 0.6) is 5.75 Å². The number of piperidine rings is 1. The highest BCUT2D eigenvalue weighted by atomic mass is 16.5. The molecule has 1 aromatic heterocycles. The van der Waals surface area contributed by atoms with Gasteiger partial charge in [0.25, 0.3) is 5.91 Å². The number of aliphatic hydroxyl groups is 3. The van der Waals surface area contributed by atoms with E-state index in [2.05, 4.69) is 44.1 Å². The van der Waals surface area contributed by atoms with Gasteiger partial charge in [-0.3, -0.25) is 19.4 Å². The van der Waals surface area contributed by atoms with Gasteiger partial charge in [-0.2, -0.15) is 0 Å². The van der Waals surface area contributed by atoms with Crippen molar-refractivity contribution in [1.82, 2.24) is 20.1 Å². The number of methoxy groups -OCH3 is 2. The Kier molecular flexibility index (Phi) is 13.5. The number of hydrogen-bond donors (Lipinski definition) is 6. The number of nitrogens with zero attached hydrogens (tertiary/aromatic N) is 3. The minimum absolute atomic E-state index is 0.0566. The van der Waals surface area contributed by atoms with Gasteiger partial charge in [-0.1, -0.05) is 43.2 Å². The van der Waals surface area contributed by atoms with Crippen LogP contribution in [0, 0.1) is 23.7 Å². The van der Waals surface area contributed by atoms with Crippen LogP contribution in [-0.4, -0.2) is 178 Å². The summed E-state index contributed by atoms with van der Waals surface area (Å²) in [4.78, 5) is 40.9. The highest BCUT2D eigenvalue weighted by molar-refractivity contribution is 5.95. The number of ether oxygens (including phenoxy) is 5. The summed E-state index contributed by atoms with van der Waals surface area (Å²) in [5.41, 5.74) is 2.23. The number of esters is 1. The molecule has 368 valence electrons.